The molecule has 0 atom stereocenters. The third-order valence-corrected chi connectivity index (χ3v) is 5.97. The monoisotopic (exact) mass is 458 g/mol. The molecule has 0 fully saturated rings. The van der Waals surface area contributed by atoms with Crippen LogP contribution in [0.5, 0.6) is 0 Å². The number of fused-ring (bicyclic) bond motifs is 1. The molecule has 0 aliphatic rings. The molecule has 8 heteroatoms. The molecule has 34 heavy (non-hydrogen) atoms. The molecule has 0 bridgehead atoms. The highest BCUT2D eigenvalue weighted by molar-refractivity contribution is 5.93. The molecule has 0 radical (unpaired) electrons. The van der Waals surface area contributed by atoms with Gasteiger partial charge in [-0.3, -0.25) is 9.59 Å². The Balaban J connectivity index is 1.39. The Bertz CT molecular complexity index is 1390. The number of benzene rings is 2. The van der Waals surface area contributed by atoms with Gasteiger partial charge in [0.05, 0.1) is 33.8 Å². The largest absolute Gasteiger partial charge is 0.397 e. The van der Waals surface area contributed by atoms with Gasteiger partial charge >= 0.3 is 0 Å². The summed E-state index contributed by atoms with van der Waals surface area (Å²) >= 11 is 0. The predicted octanol–water partition coefficient (Wildman–Crippen LogP) is 4.29. The molecule has 4 aromatic rings. The first kappa shape index (κ1) is 23.2. The average Bonchev–Trinajstić information content (AvgIpc) is 3.17. The number of carbonyl (C=O) groups excluding carboxylic acids is 1. The topological polar surface area (TPSA) is 108 Å². The maximum atomic E-state index is 13.1. The summed E-state index contributed by atoms with van der Waals surface area (Å²) in [5.41, 5.74) is 11.1. The van der Waals surface area contributed by atoms with Crippen LogP contribution in [0.3, 0.4) is 0 Å². The first-order valence-corrected chi connectivity index (χ1v) is 11.5. The number of nitrogens with zero attached hydrogens (tertiary/aromatic N) is 4. The molecular formula is C26H30N6O2. The molecule has 3 N–H and O–H groups in total. The van der Waals surface area contributed by atoms with E-state index in [9.17, 15) is 9.59 Å². The van der Waals surface area contributed by atoms with Crippen LogP contribution >= 0.6 is 0 Å². The lowest BCUT2D eigenvalue weighted by molar-refractivity contribution is -0.116. The van der Waals surface area contributed by atoms with E-state index in [0.29, 0.717) is 29.9 Å². The summed E-state index contributed by atoms with van der Waals surface area (Å²) in [6.07, 6.45) is 2.67. The molecule has 4 rings (SSSR count). The number of aryl methyl sites for hydroxylation is 4. The van der Waals surface area contributed by atoms with Gasteiger partial charge in [0.2, 0.25) is 5.91 Å². The second kappa shape index (κ2) is 9.91. The fraction of sp³-hybridized carbons (Fsp3) is 0.308. The molecule has 176 valence electrons. The number of nitrogen functional groups attached to an aromatic ring is 1. The minimum Gasteiger partial charge on any atom is -0.397 e. The molecule has 0 saturated carbocycles. The summed E-state index contributed by atoms with van der Waals surface area (Å²) in [4.78, 5) is 25.3. The number of aromatic nitrogens is 4. The lowest BCUT2D eigenvalue weighted by Crippen LogP contribution is -2.24. The molecule has 2 heterocycles. The number of para-hydroxylation sites is 2. The van der Waals surface area contributed by atoms with Crippen LogP contribution in [-0.4, -0.2) is 25.5 Å². The normalized spacial score (nSPS) is 11.1. The molecular weight excluding hydrogens is 428 g/mol. The first-order valence-electron chi connectivity index (χ1n) is 11.5. The second-order valence-electron chi connectivity index (χ2n) is 8.62. The van der Waals surface area contributed by atoms with Gasteiger partial charge in [0.15, 0.2) is 5.52 Å². The van der Waals surface area contributed by atoms with E-state index in [2.05, 4.69) is 15.5 Å². The Morgan fingerprint density at radius 1 is 0.971 bits per heavy atom. The van der Waals surface area contributed by atoms with E-state index in [-0.39, 0.29) is 11.5 Å². The maximum absolute atomic E-state index is 13.1. The van der Waals surface area contributed by atoms with Crippen LogP contribution in [0.25, 0.3) is 16.6 Å². The lowest BCUT2D eigenvalue weighted by Gasteiger charge is -2.08. The number of rotatable bonds is 8. The van der Waals surface area contributed by atoms with Crippen LogP contribution in [0.15, 0.2) is 53.3 Å². The van der Waals surface area contributed by atoms with Crippen molar-refractivity contribution in [1.29, 1.82) is 0 Å². The molecule has 0 aliphatic carbocycles. The summed E-state index contributed by atoms with van der Waals surface area (Å²) in [5.74, 6) is -0.0671. The minimum atomic E-state index is -0.188. The van der Waals surface area contributed by atoms with Crippen molar-refractivity contribution >= 4 is 28.2 Å². The number of amides is 1. The molecule has 0 aliphatic heterocycles. The first-order chi connectivity index (χ1) is 16.3. The molecule has 8 nitrogen and oxygen atoms in total. The Kier molecular flexibility index (Phi) is 6.77. The molecule has 0 unspecified atom stereocenters. The van der Waals surface area contributed by atoms with Gasteiger partial charge < -0.3 is 11.1 Å². The fourth-order valence-electron chi connectivity index (χ4n) is 4.12. The quantitative estimate of drug-likeness (QED) is 0.302. The van der Waals surface area contributed by atoms with Crippen LogP contribution in [0.2, 0.25) is 0 Å². The molecule has 0 saturated heterocycles. The van der Waals surface area contributed by atoms with Gasteiger partial charge in [-0.25, -0.2) is 9.36 Å². The third kappa shape index (κ3) is 4.85. The summed E-state index contributed by atoms with van der Waals surface area (Å²) in [7, 11) is 0. The Hall–Kier alpha value is -3.94. The Morgan fingerprint density at radius 2 is 1.71 bits per heavy atom. The third-order valence-electron chi connectivity index (χ3n) is 5.97. The maximum Gasteiger partial charge on any atom is 0.295 e. The smallest absolute Gasteiger partial charge is 0.295 e. The van der Waals surface area contributed by atoms with Gasteiger partial charge in [-0.05, 0) is 57.9 Å². The highest BCUT2D eigenvalue weighted by Gasteiger charge is 2.17. The summed E-state index contributed by atoms with van der Waals surface area (Å²) in [6, 6.07) is 15.3. The average molecular weight is 459 g/mol. The van der Waals surface area contributed by atoms with Crippen LogP contribution < -0.4 is 16.6 Å². The van der Waals surface area contributed by atoms with E-state index < -0.39 is 0 Å². The number of unbranched alkanes of at least 4 members (excludes halogenated alkanes) is 2. The van der Waals surface area contributed by atoms with E-state index in [1.165, 1.54) is 10.2 Å². The van der Waals surface area contributed by atoms with Crippen molar-refractivity contribution in [3.8, 4) is 5.69 Å². The summed E-state index contributed by atoms with van der Waals surface area (Å²) in [6.45, 7) is 6.39. The van der Waals surface area contributed by atoms with Gasteiger partial charge in [0, 0.05) is 13.0 Å². The summed E-state index contributed by atoms with van der Waals surface area (Å²) in [5, 5.41) is 12.8. The zero-order chi connectivity index (χ0) is 24.2. The number of hydrogen-bond acceptors (Lipinski definition) is 5. The Labute approximate surface area is 198 Å². The van der Waals surface area contributed by atoms with Gasteiger partial charge in [-0.15, -0.1) is 0 Å². The second-order valence-corrected chi connectivity index (χ2v) is 8.62. The van der Waals surface area contributed by atoms with E-state index in [4.69, 9.17) is 5.73 Å². The fourth-order valence-corrected chi connectivity index (χ4v) is 4.12. The number of anilines is 2. The number of hydrogen-bond donors (Lipinski definition) is 2. The van der Waals surface area contributed by atoms with Crippen LogP contribution in [0, 0.1) is 20.8 Å². The zero-order valence-corrected chi connectivity index (χ0v) is 19.8. The molecule has 2 aromatic carbocycles. The zero-order valence-electron chi connectivity index (χ0n) is 19.8. The number of nitrogens with one attached hydrogen (secondary N) is 1. The van der Waals surface area contributed by atoms with Crippen molar-refractivity contribution in [3.63, 3.8) is 0 Å². The molecule has 2 aromatic heterocycles. The minimum absolute atomic E-state index is 0.0671. The molecule has 0 spiro atoms. The van der Waals surface area contributed by atoms with E-state index in [1.54, 1.807) is 12.1 Å². The van der Waals surface area contributed by atoms with Crippen molar-refractivity contribution < 1.29 is 4.79 Å². The van der Waals surface area contributed by atoms with Crippen molar-refractivity contribution in [2.45, 2.75) is 53.0 Å². The van der Waals surface area contributed by atoms with Gasteiger partial charge in [0.1, 0.15) is 0 Å². The van der Waals surface area contributed by atoms with E-state index >= 15 is 0 Å². The van der Waals surface area contributed by atoms with E-state index in [1.807, 2.05) is 61.9 Å². The van der Waals surface area contributed by atoms with Crippen molar-refractivity contribution in [2.24, 2.45) is 0 Å². The summed E-state index contributed by atoms with van der Waals surface area (Å²) < 4.78 is 3.30. The van der Waals surface area contributed by atoms with Crippen LogP contribution in [-0.2, 0) is 11.3 Å². The lowest BCUT2D eigenvalue weighted by atomic mass is 10.1. The Morgan fingerprint density at radius 3 is 2.44 bits per heavy atom. The van der Waals surface area contributed by atoms with Crippen LogP contribution in [0.1, 0.15) is 42.6 Å². The van der Waals surface area contributed by atoms with Crippen molar-refractivity contribution in [1.82, 2.24) is 19.6 Å². The van der Waals surface area contributed by atoms with Crippen molar-refractivity contribution in [3.05, 3.63) is 75.8 Å². The highest BCUT2D eigenvalue weighted by Crippen LogP contribution is 2.21. The number of carbonyl (C=O) groups is 1. The SMILES string of the molecule is Cc1ccc(-n2nc3c(=O)n(CCCCCC(=O)Nc4ccccc4N)nc(C)c3c2C)cc1. The standard InChI is InChI=1S/C26H30N6O2/c1-17-12-14-20(15-13-17)32-19(3)24-18(2)29-31(26(34)25(24)30-32)16-8-4-5-11-23(33)28-22-10-7-6-9-21(22)27/h6-7,9-10,12-15H,4-5,8,11,16,27H2,1-3H3,(H,28,33). The highest BCUT2D eigenvalue weighted by atomic mass is 16.1. The van der Waals surface area contributed by atoms with E-state index in [0.717, 1.165) is 41.7 Å². The van der Waals surface area contributed by atoms with Crippen molar-refractivity contribution in [2.75, 3.05) is 11.1 Å². The predicted molar refractivity (Wildman–Crippen MR) is 135 cm³/mol. The number of nitrogens with two attached hydrogens (primary N) is 1. The van der Waals surface area contributed by atoms with Crippen LogP contribution in [0.4, 0.5) is 11.4 Å². The van der Waals surface area contributed by atoms with Gasteiger partial charge in [0.25, 0.3) is 5.56 Å². The molecule has 1 amide bonds. The van der Waals surface area contributed by atoms with Gasteiger partial charge in [-0.1, -0.05) is 36.2 Å². The van der Waals surface area contributed by atoms with Gasteiger partial charge in [-0.2, -0.15) is 10.2 Å².